The van der Waals surface area contributed by atoms with Gasteiger partial charge in [-0.25, -0.2) is 4.98 Å². The largest absolute Gasteiger partial charge is 0.507 e. The molecule has 0 spiro atoms. The maximum Gasteiger partial charge on any atom is 0.182 e. The van der Waals surface area contributed by atoms with Crippen molar-refractivity contribution in [2.45, 2.75) is 19.8 Å². The SMILES string of the molecule is COc1cccc2c(O)c(C(C)C)c3ncoc3c12. The lowest BCUT2D eigenvalue weighted by Gasteiger charge is -2.13. The van der Waals surface area contributed by atoms with Crippen molar-refractivity contribution >= 4 is 21.9 Å². The molecule has 0 amide bonds. The highest BCUT2D eigenvalue weighted by molar-refractivity contribution is 6.11. The van der Waals surface area contributed by atoms with Crippen LogP contribution in [0, 0.1) is 0 Å². The Hall–Kier alpha value is -2.23. The van der Waals surface area contributed by atoms with Gasteiger partial charge in [0.05, 0.1) is 12.5 Å². The summed E-state index contributed by atoms with van der Waals surface area (Å²) in [5.74, 6) is 1.08. The lowest BCUT2D eigenvalue weighted by Crippen LogP contribution is -1.93. The monoisotopic (exact) mass is 257 g/mol. The number of methoxy groups -OCH3 is 1. The van der Waals surface area contributed by atoms with Gasteiger partial charge in [0.2, 0.25) is 0 Å². The van der Waals surface area contributed by atoms with Gasteiger partial charge < -0.3 is 14.3 Å². The van der Waals surface area contributed by atoms with Crippen LogP contribution in [-0.2, 0) is 0 Å². The summed E-state index contributed by atoms with van der Waals surface area (Å²) >= 11 is 0. The predicted octanol–water partition coefficient (Wildman–Crippen LogP) is 3.82. The number of hydrogen-bond donors (Lipinski definition) is 1. The highest BCUT2D eigenvalue weighted by Crippen LogP contribution is 2.43. The molecule has 4 nitrogen and oxygen atoms in total. The number of ether oxygens (including phenoxy) is 1. The summed E-state index contributed by atoms with van der Waals surface area (Å²) in [6, 6.07) is 5.56. The molecule has 3 aromatic rings. The Morgan fingerprint density at radius 2 is 2.11 bits per heavy atom. The zero-order valence-corrected chi connectivity index (χ0v) is 11.1. The van der Waals surface area contributed by atoms with Crippen molar-refractivity contribution in [3.8, 4) is 11.5 Å². The summed E-state index contributed by atoms with van der Waals surface area (Å²) in [5.41, 5.74) is 2.17. The standard InChI is InChI=1S/C15H15NO3/c1-8(2)11-13-15(19-7-16-13)12-9(14(11)17)5-4-6-10(12)18-3/h4-8,17H,1-3H3. The van der Waals surface area contributed by atoms with Gasteiger partial charge >= 0.3 is 0 Å². The van der Waals surface area contributed by atoms with E-state index in [1.165, 1.54) is 6.39 Å². The Kier molecular flexibility index (Phi) is 2.59. The zero-order chi connectivity index (χ0) is 13.6. The Labute approximate surface area is 110 Å². The Morgan fingerprint density at radius 1 is 1.32 bits per heavy atom. The van der Waals surface area contributed by atoms with Crippen LogP contribution >= 0.6 is 0 Å². The molecule has 0 aliphatic carbocycles. The number of phenolic OH excluding ortho intramolecular Hbond substituents is 1. The van der Waals surface area contributed by atoms with Crippen molar-refractivity contribution in [2.24, 2.45) is 0 Å². The fourth-order valence-electron chi connectivity index (χ4n) is 2.55. The van der Waals surface area contributed by atoms with Crippen LogP contribution in [-0.4, -0.2) is 17.2 Å². The highest BCUT2D eigenvalue weighted by Gasteiger charge is 2.21. The van der Waals surface area contributed by atoms with Gasteiger partial charge in [0, 0.05) is 10.9 Å². The lowest BCUT2D eigenvalue weighted by atomic mass is 9.95. The van der Waals surface area contributed by atoms with Gasteiger partial charge in [-0.3, -0.25) is 0 Å². The van der Waals surface area contributed by atoms with Crippen molar-refractivity contribution < 1.29 is 14.3 Å². The van der Waals surface area contributed by atoms with Gasteiger partial charge in [-0.2, -0.15) is 0 Å². The van der Waals surface area contributed by atoms with Crippen LogP contribution in [0.5, 0.6) is 11.5 Å². The lowest BCUT2D eigenvalue weighted by molar-refractivity contribution is 0.419. The molecule has 98 valence electrons. The molecule has 1 heterocycles. The number of aromatic nitrogens is 1. The van der Waals surface area contributed by atoms with Gasteiger partial charge in [0.25, 0.3) is 0 Å². The number of phenols is 1. The molecule has 0 saturated heterocycles. The fraction of sp³-hybridized carbons (Fsp3) is 0.267. The van der Waals surface area contributed by atoms with Crippen LogP contribution < -0.4 is 4.74 Å². The summed E-state index contributed by atoms with van der Waals surface area (Å²) < 4.78 is 10.9. The average molecular weight is 257 g/mol. The predicted molar refractivity (Wildman–Crippen MR) is 73.8 cm³/mol. The minimum absolute atomic E-state index is 0.156. The summed E-state index contributed by atoms with van der Waals surface area (Å²) in [4.78, 5) is 4.24. The molecule has 0 radical (unpaired) electrons. The van der Waals surface area contributed by atoms with Crippen LogP contribution in [0.4, 0.5) is 0 Å². The molecule has 4 heteroatoms. The van der Waals surface area contributed by atoms with E-state index >= 15 is 0 Å². The molecule has 0 unspecified atom stereocenters. The van der Waals surface area contributed by atoms with E-state index in [0.29, 0.717) is 16.8 Å². The van der Waals surface area contributed by atoms with Crippen LogP contribution in [0.25, 0.3) is 21.9 Å². The number of fused-ring (bicyclic) bond motifs is 3. The molecule has 1 N–H and O–H groups in total. The zero-order valence-electron chi connectivity index (χ0n) is 11.1. The van der Waals surface area contributed by atoms with Crippen molar-refractivity contribution in [1.82, 2.24) is 4.98 Å². The van der Waals surface area contributed by atoms with Crippen molar-refractivity contribution in [3.63, 3.8) is 0 Å². The first kappa shape index (κ1) is 11.8. The highest BCUT2D eigenvalue weighted by atomic mass is 16.5. The number of rotatable bonds is 2. The first-order valence-corrected chi connectivity index (χ1v) is 6.20. The minimum Gasteiger partial charge on any atom is -0.507 e. The Morgan fingerprint density at radius 3 is 2.79 bits per heavy atom. The van der Waals surface area contributed by atoms with E-state index in [9.17, 15) is 5.11 Å². The quantitative estimate of drug-likeness (QED) is 0.758. The van der Waals surface area contributed by atoms with Gasteiger partial charge in [0.1, 0.15) is 17.0 Å². The minimum atomic E-state index is 0.156. The van der Waals surface area contributed by atoms with Crippen LogP contribution in [0.15, 0.2) is 29.0 Å². The first-order valence-electron chi connectivity index (χ1n) is 6.20. The van der Waals surface area contributed by atoms with E-state index in [1.54, 1.807) is 7.11 Å². The number of benzene rings is 2. The molecule has 0 bridgehead atoms. The molecular formula is C15H15NO3. The van der Waals surface area contributed by atoms with Gasteiger partial charge in [0.15, 0.2) is 12.0 Å². The van der Waals surface area contributed by atoms with E-state index in [2.05, 4.69) is 4.98 Å². The van der Waals surface area contributed by atoms with Crippen LogP contribution in [0.2, 0.25) is 0 Å². The number of aromatic hydroxyl groups is 1. The van der Waals surface area contributed by atoms with E-state index in [1.807, 2.05) is 32.0 Å². The van der Waals surface area contributed by atoms with Gasteiger partial charge in [-0.15, -0.1) is 0 Å². The van der Waals surface area contributed by atoms with Crippen LogP contribution in [0.1, 0.15) is 25.3 Å². The molecular weight excluding hydrogens is 242 g/mol. The van der Waals surface area contributed by atoms with Crippen molar-refractivity contribution in [3.05, 3.63) is 30.2 Å². The Balaban J connectivity index is 2.60. The van der Waals surface area contributed by atoms with Gasteiger partial charge in [-0.05, 0) is 12.0 Å². The van der Waals surface area contributed by atoms with Crippen molar-refractivity contribution in [2.75, 3.05) is 7.11 Å². The summed E-state index contributed by atoms with van der Waals surface area (Å²) in [5, 5.41) is 12.0. The fourth-order valence-corrected chi connectivity index (χ4v) is 2.55. The van der Waals surface area contributed by atoms with E-state index < -0.39 is 0 Å². The first-order chi connectivity index (χ1) is 9.15. The summed E-state index contributed by atoms with van der Waals surface area (Å²) in [7, 11) is 1.60. The smallest absolute Gasteiger partial charge is 0.182 e. The third-order valence-corrected chi connectivity index (χ3v) is 3.38. The molecule has 0 aliphatic heterocycles. The molecule has 0 aliphatic rings. The molecule has 0 saturated carbocycles. The number of nitrogens with zero attached hydrogens (tertiary/aromatic N) is 1. The second-order valence-corrected chi connectivity index (χ2v) is 4.83. The molecule has 19 heavy (non-hydrogen) atoms. The molecule has 1 aromatic heterocycles. The molecule has 3 rings (SSSR count). The molecule has 2 aromatic carbocycles. The van der Waals surface area contributed by atoms with Crippen molar-refractivity contribution in [1.29, 1.82) is 0 Å². The third-order valence-electron chi connectivity index (χ3n) is 3.38. The van der Waals surface area contributed by atoms with E-state index in [4.69, 9.17) is 9.15 Å². The van der Waals surface area contributed by atoms with Crippen LogP contribution in [0.3, 0.4) is 0 Å². The summed E-state index contributed by atoms with van der Waals surface area (Å²) in [6.45, 7) is 4.05. The molecule has 0 atom stereocenters. The maximum absolute atomic E-state index is 10.5. The average Bonchev–Trinajstić information content (AvgIpc) is 2.86. The second-order valence-electron chi connectivity index (χ2n) is 4.83. The topological polar surface area (TPSA) is 55.5 Å². The number of oxazole rings is 1. The Bertz CT molecular complexity index is 759. The van der Waals surface area contributed by atoms with E-state index in [0.717, 1.165) is 16.3 Å². The molecule has 0 fully saturated rings. The van der Waals surface area contributed by atoms with E-state index in [-0.39, 0.29) is 11.7 Å². The maximum atomic E-state index is 10.5. The second kappa shape index (κ2) is 4.16. The number of hydrogen-bond acceptors (Lipinski definition) is 4. The third kappa shape index (κ3) is 1.56. The normalized spacial score (nSPS) is 11.6. The summed E-state index contributed by atoms with van der Waals surface area (Å²) in [6.07, 6.45) is 1.40. The van der Waals surface area contributed by atoms with Gasteiger partial charge in [-0.1, -0.05) is 26.0 Å².